The summed E-state index contributed by atoms with van der Waals surface area (Å²) in [7, 11) is 4.26. The number of hydrogen-bond acceptors (Lipinski definition) is 2. The van der Waals surface area contributed by atoms with E-state index in [0.717, 1.165) is 18.2 Å². The largest absolute Gasteiger partial charge is 0.317 e. The van der Waals surface area contributed by atoms with E-state index in [4.69, 9.17) is 11.6 Å². The maximum atomic E-state index is 5.78. The smallest absolute Gasteiger partial charge is 0.0238 e. The Kier molecular flexibility index (Phi) is 5.07. The molecule has 3 heteroatoms. The van der Waals surface area contributed by atoms with Crippen LogP contribution >= 0.6 is 11.6 Å². The molecule has 1 aliphatic rings. The lowest BCUT2D eigenvalue weighted by molar-refractivity contribution is 0.175. The summed E-state index contributed by atoms with van der Waals surface area (Å²) in [5.41, 5.74) is 0. The minimum atomic E-state index is 0.611. The predicted octanol–water partition coefficient (Wildman–Crippen LogP) is 1.55. The number of hydrogen-bond donors (Lipinski definition) is 1. The Morgan fingerprint density at radius 1 is 1.62 bits per heavy atom. The van der Waals surface area contributed by atoms with Gasteiger partial charge in [0.1, 0.15) is 0 Å². The Labute approximate surface area is 86.6 Å². The first kappa shape index (κ1) is 11.3. The van der Waals surface area contributed by atoms with Crippen molar-refractivity contribution in [1.82, 2.24) is 10.2 Å². The molecule has 2 unspecified atom stereocenters. The number of rotatable bonds is 4. The Balaban J connectivity index is 2.37. The van der Waals surface area contributed by atoms with Crippen LogP contribution in [0.15, 0.2) is 0 Å². The lowest BCUT2D eigenvalue weighted by atomic mass is 9.89. The Hall–Kier alpha value is 0.210. The van der Waals surface area contributed by atoms with Crippen LogP contribution in [0.2, 0.25) is 0 Å². The topological polar surface area (TPSA) is 15.3 Å². The van der Waals surface area contributed by atoms with Crippen LogP contribution < -0.4 is 5.32 Å². The molecule has 0 spiro atoms. The van der Waals surface area contributed by atoms with E-state index in [2.05, 4.69) is 17.3 Å². The van der Waals surface area contributed by atoms with Crippen LogP contribution in [0.1, 0.15) is 19.3 Å². The molecule has 1 saturated heterocycles. The molecule has 13 heavy (non-hydrogen) atoms. The van der Waals surface area contributed by atoms with Crippen LogP contribution in [0.3, 0.4) is 0 Å². The van der Waals surface area contributed by atoms with Gasteiger partial charge in [0.25, 0.3) is 0 Å². The van der Waals surface area contributed by atoms with Crippen molar-refractivity contribution in [3.8, 4) is 0 Å². The van der Waals surface area contributed by atoms with E-state index < -0.39 is 0 Å². The SMILES string of the molecule is CNC(CCCl)C1CCCN(C)C1. The van der Waals surface area contributed by atoms with Crippen LogP contribution in [-0.2, 0) is 0 Å². The fourth-order valence-electron chi connectivity index (χ4n) is 2.27. The average molecular weight is 205 g/mol. The van der Waals surface area contributed by atoms with Gasteiger partial charge in [-0.3, -0.25) is 0 Å². The van der Waals surface area contributed by atoms with Crippen molar-refractivity contribution >= 4 is 11.6 Å². The first-order chi connectivity index (χ1) is 6.27. The number of likely N-dealkylation sites (tertiary alicyclic amines) is 1. The van der Waals surface area contributed by atoms with Gasteiger partial charge in [0.05, 0.1) is 0 Å². The molecule has 0 bridgehead atoms. The lowest BCUT2D eigenvalue weighted by Gasteiger charge is -2.34. The molecule has 0 aliphatic carbocycles. The summed E-state index contributed by atoms with van der Waals surface area (Å²) in [6.45, 7) is 2.48. The van der Waals surface area contributed by atoms with Crippen molar-refractivity contribution in [2.24, 2.45) is 5.92 Å². The molecule has 78 valence electrons. The van der Waals surface area contributed by atoms with Gasteiger partial charge in [-0.15, -0.1) is 11.6 Å². The Morgan fingerprint density at radius 2 is 2.38 bits per heavy atom. The van der Waals surface area contributed by atoms with Gasteiger partial charge in [-0.25, -0.2) is 0 Å². The highest BCUT2D eigenvalue weighted by Crippen LogP contribution is 2.20. The summed E-state index contributed by atoms with van der Waals surface area (Å²) in [5.74, 6) is 1.56. The van der Waals surface area contributed by atoms with Gasteiger partial charge >= 0.3 is 0 Å². The van der Waals surface area contributed by atoms with Gasteiger partial charge in [-0.05, 0) is 45.8 Å². The van der Waals surface area contributed by atoms with Crippen molar-refractivity contribution in [3.63, 3.8) is 0 Å². The van der Waals surface area contributed by atoms with Crippen molar-refractivity contribution in [2.75, 3.05) is 33.1 Å². The molecule has 0 saturated carbocycles. The third kappa shape index (κ3) is 3.45. The van der Waals surface area contributed by atoms with Crippen LogP contribution in [0.5, 0.6) is 0 Å². The Bertz CT molecular complexity index is 141. The van der Waals surface area contributed by atoms with Gasteiger partial charge in [0, 0.05) is 18.5 Å². The minimum absolute atomic E-state index is 0.611. The summed E-state index contributed by atoms with van der Waals surface area (Å²) in [6, 6.07) is 0.611. The second-order valence-corrected chi connectivity index (χ2v) is 4.42. The van der Waals surface area contributed by atoms with Gasteiger partial charge in [-0.2, -0.15) is 0 Å². The average Bonchev–Trinajstić information content (AvgIpc) is 2.14. The molecule has 0 aromatic heterocycles. The zero-order chi connectivity index (χ0) is 9.68. The molecule has 1 heterocycles. The van der Waals surface area contributed by atoms with Gasteiger partial charge in [0.15, 0.2) is 0 Å². The molecule has 1 fully saturated rings. The number of nitrogens with one attached hydrogen (secondary N) is 1. The second kappa shape index (κ2) is 5.84. The van der Waals surface area contributed by atoms with Crippen LogP contribution in [0.4, 0.5) is 0 Å². The molecule has 0 aromatic rings. The maximum Gasteiger partial charge on any atom is 0.0238 e. The summed E-state index contributed by atoms with van der Waals surface area (Å²) in [6.07, 6.45) is 3.78. The highest BCUT2D eigenvalue weighted by molar-refractivity contribution is 6.17. The van der Waals surface area contributed by atoms with Crippen molar-refractivity contribution in [2.45, 2.75) is 25.3 Å². The number of halogens is 1. The molecule has 1 aliphatic heterocycles. The molecule has 1 rings (SSSR count). The van der Waals surface area contributed by atoms with E-state index in [9.17, 15) is 0 Å². The number of nitrogens with zero attached hydrogens (tertiary/aromatic N) is 1. The quantitative estimate of drug-likeness (QED) is 0.700. The van der Waals surface area contributed by atoms with E-state index in [1.165, 1.54) is 25.9 Å². The zero-order valence-corrected chi connectivity index (χ0v) is 9.48. The highest BCUT2D eigenvalue weighted by atomic mass is 35.5. The molecular formula is C10H21ClN2. The molecule has 1 N–H and O–H groups in total. The molecule has 2 nitrogen and oxygen atoms in total. The fourth-order valence-corrected chi connectivity index (χ4v) is 2.50. The predicted molar refractivity (Wildman–Crippen MR) is 58.4 cm³/mol. The fraction of sp³-hybridized carbons (Fsp3) is 1.00. The number of piperidine rings is 1. The van der Waals surface area contributed by atoms with Gasteiger partial charge in [0.2, 0.25) is 0 Å². The van der Waals surface area contributed by atoms with Gasteiger partial charge < -0.3 is 10.2 Å². The van der Waals surface area contributed by atoms with Crippen molar-refractivity contribution in [3.05, 3.63) is 0 Å². The summed E-state index contributed by atoms with van der Waals surface area (Å²) in [5, 5.41) is 3.38. The first-order valence-corrected chi connectivity index (χ1v) is 5.73. The standard InChI is InChI=1S/C10H21ClN2/c1-12-10(5-6-11)9-4-3-7-13(2)8-9/h9-10,12H,3-8H2,1-2H3. The van der Waals surface area contributed by atoms with Crippen molar-refractivity contribution in [1.29, 1.82) is 0 Å². The molecular weight excluding hydrogens is 184 g/mol. The van der Waals surface area contributed by atoms with E-state index in [0.29, 0.717) is 6.04 Å². The van der Waals surface area contributed by atoms with Crippen molar-refractivity contribution < 1.29 is 0 Å². The van der Waals surface area contributed by atoms with Crippen LogP contribution in [-0.4, -0.2) is 44.0 Å². The Morgan fingerprint density at radius 3 is 2.92 bits per heavy atom. The summed E-state index contributed by atoms with van der Waals surface area (Å²) >= 11 is 5.78. The van der Waals surface area contributed by atoms with Crippen LogP contribution in [0, 0.1) is 5.92 Å². The number of alkyl halides is 1. The van der Waals surface area contributed by atoms with Crippen LogP contribution in [0.25, 0.3) is 0 Å². The molecule has 0 radical (unpaired) electrons. The van der Waals surface area contributed by atoms with E-state index in [1.807, 2.05) is 7.05 Å². The third-order valence-corrected chi connectivity index (χ3v) is 3.24. The zero-order valence-electron chi connectivity index (χ0n) is 8.72. The molecule has 0 amide bonds. The van der Waals surface area contributed by atoms with E-state index in [-0.39, 0.29) is 0 Å². The lowest BCUT2D eigenvalue weighted by Crippen LogP contribution is -2.43. The maximum absolute atomic E-state index is 5.78. The summed E-state index contributed by atoms with van der Waals surface area (Å²) < 4.78 is 0. The summed E-state index contributed by atoms with van der Waals surface area (Å²) in [4.78, 5) is 2.42. The third-order valence-electron chi connectivity index (χ3n) is 3.02. The van der Waals surface area contributed by atoms with Gasteiger partial charge in [-0.1, -0.05) is 0 Å². The van der Waals surface area contributed by atoms with E-state index >= 15 is 0 Å². The molecule has 2 atom stereocenters. The minimum Gasteiger partial charge on any atom is -0.317 e. The normalized spacial score (nSPS) is 27.5. The second-order valence-electron chi connectivity index (χ2n) is 4.04. The van der Waals surface area contributed by atoms with E-state index in [1.54, 1.807) is 0 Å². The monoisotopic (exact) mass is 204 g/mol. The molecule has 0 aromatic carbocycles. The highest BCUT2D eigenvalue weighted by Gasteiger charge is 2.23. The first-order valence-electron chi connectivity index (χ1n) is 5.19.